The van der Waals surface area contributed by atoms with Gasteiger partial charge in [-0.25, -0.2) is 0 Å². The third kappa shape index (κ3) is 3.68. The smallest absolute Gasteiger partial charge is 0.234 e. The van der Waals surface area contributed by atoms with Crippen molar-refractivity contribution in [1.29, 1.82) is 0 Å². The second-order valence-electron chi connectivity index (χ2n) is 3.40. The first-order valence-corrected chi connectivity index (χ1v) is 5.54. The highest BCUT2D eigenvalue weighted by Crippen LogP contribution is 2.24. The molecule has 0 aliphatic heterocycles. The second kappa shape index (κ2) is 7.97. The van der Waals surface area contributed by atoms with E-state index in [1.807, 2.05) is 0 Å². The van der Waals surface area contributed by atoms with Crippen LogP contribution in [0.1, 0.15) is 20.3 Å². The molecule has 0 aromatic heterocycles. The number of rotatable bonds is 9. The predicted octanol–water partition coefficient (Wildman–Crippen LogP) is 1.28. The molecule has 0 N–H and O–H groups in total. The zero-order valence-electron chi connectivity index (χ0n) is 11.3. The van der Waals surface area contributed by atoms with E-state index in [0.29, 0.717) is 6.42 Å². The van der Waals surface area contributed by atoms with Crippen LogP contribution in [0.15, 0.2) is 0 Å². The number of methoxy groups -OCH3 is 4. The van der Waals surface area contributed by atoms with Crippen molar-refractivity contribution in [2.45, 2.75) is 32.5 Å². The molecule has 0 aliphatic carbocycles. The maximum Gasteiger partial charge on any atom is 0.234 e. The van der Waals surface area contributed by atoms with E-state index in [4.69, 9.17) is 18.9 Å². The van der Waals surface area contributed by atoms with Crippen molar-refractivity contribution < 1.29 is 18.9 Å². The molecule has 5 heteroatoms. The van der Waals surface area contributed by atoms with Gasteiger partial charge in [0.2, 0.25) is 5.91 Å². The fourth-order valence-corrected chi connectivity index (χ4v) is 1.82. The van der Waals surface area contributed by atoms with Crippen LogP contribution in [0, 0.1) is 0 Å². The molecular weight excluding hydrogens is 210 g/mol. The average Bonchev–Trinajstić information content (AvgIpc) is 2.35. The minimum absolute atomic E-state index is 0.347. The third-order valence-electron chi connectivity index (χ3n) is 2.83. The summed E-state index contributed by atoms with van der Waals surface area (Å²) in [5.41, 5.74) is 0. The van der Waals surface area contributed by atoms with Crippen molar-refractivity contribution in [2.75, 3.05) is 41.5 Å². The van der Waals surface area contributed by atoms with Gasteiger partial charge in [-0.2, -0.15) is 0 Å². The molecule has 5 nitrogen and oxygen atoms in total. The summed E-state index contributed by atoms with van der Waals surface area (Å²) in [6, 6.07) is 0. The molecule has 0 aromatic rings. The number of hydrogen-bond donors (Lipinski definition) is 0. The highest BCUT2D eigenvalue weighted by Gasteiger charge is 2.38. The number of hydrogen-bond acceptors (Lipinski definition) is 5. The molecule has 0 heterocycles. The lowest BCUT2D eigenvalue weighted by molar-refractivity contribution is -0.320. The normalized spacial score (nSPS) is 12.8. The molecule has 0 atom stereocenters. The third-order valence-corrected chi connectivity index (χ3v) is 2.83. The van der Waals surface area contributed by atoms with Crippen LogP contribution in [0.25, 0.3) is 0 Å². The van der Waals surface area contributed by atoms with E-state index < -0.39 is 5.91 Å². The molecule has 0 saturated heterocycles. The van der Waals surface area contributed by atoms with Gasteiger partial charge in [-0.3, -0.25) is 4.90 Å². The molecule has 0 unspecified atom stereocenters. The summed E-state index contributed by atoms with van der Waals surface area (Å²) in [5.74, 6) is -0.791. The minimum atomic E-state index is -0.791. The molecule has 0 spiro atoms. The Bertz CT molecular complexity index is 165. The molecule has 0 rings (SSSR count). The Morgan fingerprint density at radius 1 is 0.938 bits per heavy atom. The first kappa shape index (κ1) is 15.8. The monoisotopic (exact) mass is 235 g/mol. The zero-order valence-corrected chi connectivity index (χ0v) is 11.3. The molecule has 0 amide bonds. The molecule has 16 heavy (non-hydrogen) atoms. The van der Waals surface area contributed by atoms with Gasteiger partial charge in [0, 0.05) is 41.5 Å². The minimum Gasteiger partial charge on any atom is -0.356 e. The summed E-state index contributed by atoms with van der Waals surface area (Å²) in [5, 5.41) is 0. The predicted molar refractivity (Wildman–Crippen MR) is 62.1 cm³/mol. The Morgan fingerprint density at radius 3 is 1.62 bits per heavy atom. The highest BCUT2D eigenvalue weighted by molar-refractivity contribution is 4.72. The maximum absolute atomic E-state index is 5.51. The first-order chi connectivity index (χ1) is 7.63. The van der Waals surface area contributed by atoms with Crippen molar-refractivity contribution in [3.8, 4) is 0 Å². The lowest BCUT2D eigenvalue weighted by atomic mass is 10.2. The van der Waals surface area contributed by atoms with Crippen LogP contribution >= 0.6 is 0 Å². The summed E-state index contributed by atoms with van der Waals surface area (Å²) in [7, 11) is 6.47. The van der Waals surface area contributed by atoms with Crippen molar-refractivity contribution in [2.24, 2.45) is 0 Å². The van der Waals surface area contributed by atoms with Crippen LogP contribution < -0.4 is 0 Å². The van der Waals surface area contributed by atoms with Gasteiger partial charge in [0.05, 0.1) is 6.42 Å². The van der Waals surface area contributed by atoms with Gasteiger partial charge in [0.25, 0.3) is 0 Å². The van der Waals surface area contributed by atoms with E-state index in [1.54, 1.807) is 28.4 Å². The number of ether oxygens (including phenoxy) is 4. The van der Waals surface area contributed by atoms with Gasteiger partial charge in [-0.15, -0.1) is 0 Å². The van der Waals surface area contributed by atoms with Crippen LogP contribution in [-0.4, -0.2) is 58.6 Å². The van der Waals surface area contributed by atoms with E-state index in [2.05, 4.69) is 18.7 Å². The SMILES string of the molecule is CCN(CC)C(CC(OC)OC)(OC)OC. The van der Waals surface area contributed by atoms with Gasteiger partial charge in [-0.05, 0) is 0 Å². The Morgan fingerprint density at radius 2 is 1.38 bits per heavy atom. The van der Waals surface area contributed by atoms with Gasteiger partial charge >= 0.3 is 0 Å². The van der Waals surface area contributed by atoms with Gasteiger partial charge < -0.3 is 18.9 Å². The summed E-state index contributed by atoms with van der Waals surface area (Å²) in [6.07, 6.45) is 0.148. The van der Waals surface area contributed by atoms with Crippen molar-refractivity contribution in [1.82, 2.24) is 4.90 Å². The molecule has 0 aliphatic rings. The van der Waals surface area contributed by atoms with E-state index in [1.165, 1.54) is 0 Å². The Hall–Kier alpha value is -0.200. The standard InChI is InChI=1S/C11H25NO4/c1-7-12(8-2)11(15-5,16-6)9-10(13-3)14-4/h10H,7-9H2,1-6H3. The second-order valence-corrected chi connectivity index (χ2v) is 3.40. The average molecular weight is 235 g/mol. The Labute approximate surface area is 98.6 Å². The van der Waals surface area contributed by atoms with E-state index in [9.17, 15) is 0 Å². The highest BCUT2D eigenvalue weighted by atomic mass is 16.7. The molecule has 98 valence electrons. The van der Waals surface area contributed by atoms with Gasteiger partial charge in [-0.1, -0.05) is 13.8 Å². The lowest BCUT2D eigenvalue weighted by Crippen LogP contribution is -2.54. The molecular formula is C11H25NO4. The molecule has 0 fully saturated rings. The summed E-state index contributed by atoms with van der Waals surface area (Å²) in [4.78, 5) is 2.08. The fraction of sp³-hybridized carbons (Fsp3) is 1.00. The molecule has 0 saturated carbocycles. The maximum atomic E-state index is 5.51. The van der Waals surface area contributed by atoms with E-state index in [-0.39, 0.29) is 6.29 Å². The van der Waals surface area contributed by atoms with Crippen LogP contribution in [0.2, 0.25) is 0 Å². The fourth-order valence-electron chi connectivity index (χ4n) is 1.82. The van der Waals surface area contributed by atoms with Gasteiger partial charge in [0.15, 0.2) is 6.29 Å². The largest absolute Gasteiger partial charge is 0.356 e. The topological polar surface area (TPSA) is 40.2 Å². The molecule has 0 aromatic carbocycles. The van der Waals surface area contributed by atoms with E-state index in [0.717, 1.165) is 13.1 Å². The van der Waals surface area contributed by atoms with Crippen molar-refractivity contribution in [3.05, 3.63) is 0 Å². The molecule has 0 bridgehead atoms. The Kier molecular flexibility index (Phi) is 7.87. The Balaban J connectivity index is 4.77. The summed E-state index contributed by atoms with van der Waals surface area (Å²) in [6.45, 7) is 5.78. The first-order valence-electron chi connectivity index (χ1n) is 5.54. The van der Waals surface area contributed by atoms with Gasteiger partial charge in [0.1, 0.15) is 0 Å². The van der Waals surface area contributed by atoms with Crippen molar-refractivity contribution >= 4 is 0 Å². The quantitative estimate of drug-likeness (QED) is 0.563. The van der Waals surface area contributed by atoms with Crippen LogP contribution in [0.4, 0.5) is 0 Å². The van der Waals surface area contributed by atoms with Crippen LogP contribution in [0.3, 0.4) is 0 Å². The summed E-state index contributed by atoms with van der Waals surface area (Å²) < 4.78 is 21.4. The lowest BCUT2D eigenvalue weighted by Gasteiger charge is -2.41. The van der Waals surface area contributed by atoms with Crippen molar-refractivity contribution in [3.63, 3.8) is 0 Å². The van der Waals surface area contributed by atoms with Crippen LogP contribution in [-0.2, 0) is 18.9 Å². The van der Waals surface area contributed by atoms with Crippen LogP contribution in [0.5, 0.6) is 0 Å². The van der Waals surface area contributed by atoms with E-state index >= 15 is 0 Å². The molecule has 0 radical (unpaired) electrons. The zero-order chi connectivity index (χ0) is 12.6. The summed E-state index contributed by atoms with van der Waals surface area (Å²) >= 11 is 0. The number of nitrogens with zero attached hydrogens (tertiary/aromatic N) is 1.